The number of rotatable bonds is 8. The summed E-state index contributed by atoms with van der Waals surface area (Å²) in [5, 5.41) is 2.91. The highest BCUT2D eigenvalue weighted by molar-refractivity contribution is 6.34. The molecule has 0 aliphatic carbocycles. The average molecular weight is 471 g/mol. The maximum atomic E-state index is 12.4. The number of fused-ring (bicyclic) bond motifs is 1. The third-order valence-electron chi connectivity index (χ3n) is 6.43. The first-order valence-corrected chi connectivity index (χ1v) is 12.0. The molecule has 5 rings (SSSR count). The van der Waals surface area contributed by atoms with Gasteiger partial charge in [-0.05, 0) is 48.4 Å². The van der Waals surface area contributed by atoms with E-state index in [0.29, 0.717) is 23.7 Å². The molecule has 0 unspecified atom stereocenters. The van der Waals surface area contributed by atoms with Crippen molar-refractivity contribution in [1.29, 1.82) is 0 Å². The number of carbonyl (C=O) groups excluding carboxylic acids is 1. The van der Waals surface area contributed by atoms with Crippen molar-refractivity contribution in [1.82, 2.24) is 9.88 Å². The van der Waals surface area contributed by atoms with Crippen LogP contribution < -0.4 is 19.7 Å². The van der Waals surface area contributed by atoms with E-state index in [1.54, 1.807) is 7.11 Å². The second kappa shape index (κ2) is 10.6. The van der Waals surface area contributed by atoms with Crippen LogP contribution in [0.1, 0.15) is 17.5 Å². The van der Waals surface area contributed by atoms with Gasteiger partial charge in [-0.3, -0.25) is 9.69 Å². The lowest BCUT2D eigenvalue weighted by molar-refractivity contribution is -0.110. The van der Waals surface area contributed by atoms with Crippen LogP contribution in [0, 0.1) is 0 Å². The van der Waals surface area contributed by atoms with Crippen molar-refractivity contribution in [2.24, 2.45) is 0 Å². The zero-order chi connectivity index (χ0) is 24.0. The maximum Gasteiger partial charge on any atom is 0.256 e. The van der Waals surface area contributed by atoms with Gasteiger partial charge in [-0.2, -0.15) is 0 Å². The normalized spacial score (nSPS) is 16.8. The van der Waals surface area contributed by atoms with Crippen molar-refractivity contribution in [3.63, 3.8) is 0 Å². The summed E-state index contributed by atoms with van der Waals surface area (Å²) in [4.78, 5) is 21.7. The number of pyridine rings is 1. The number of amides is 1. The molecule has 2 aromatic carbocycles. The van der Waals surface area contributed by atoms with Crippen LogP contribution in [0.2, 0.25) is 0 Å². The Morgan fingerprint density at radius 3 is 2.63 bits per heavy atom. The minimum Gasteiger partial charge on any atom is -0.493 e. The van der Waals surface area contributed by atoms with Crippen LogP contribution in [0.15, 0.2) is 66.9 Å². The zero-order valence-corrected chi connectivity index (χ0v) is 19.9. The summed E-state index contributed by atoms with van der Waals surface area (Å²) in [6.45, 7) is 5.65. The predicted octanol–water partition coefficient (Wildman–Crippen LogP) is 4.17. The molecule has 1 fully saturated rings. The number of anilines is 2. The SMILES string of the molecule is COc1cc(/C=C2\C(=O)Nc3ccccc32)ccc1OCCCN1CCN(c2ccccn2)CC1. The summed E-state index contributed by atoms with van der Waals surface area (Å²) in [7, 11) is 1.64. The molecule has 0 bridgehead atoms. The summed E-state index contributed by atoms with van der Waals surface area (Å²) in [6.07, 6.45) is 4.68. The number of piperazine rings is 1. The van der Waals surface area contributed by atoms with Crippen LogP contribution in [0.3, 0.4) is 0 Å². The van der Waals surface area contributed by atoms with E-state index in [1.165, 1.54) is 0 Å². The molecule has 1 saturated heterocycles. The Labute approximate surface area is 206 Å². The van der Waals surface area contributed by atoms with Gasteiger partial charge in [0.1, 0.15) is 5.82 Å². The molecule has 0 spiro atoms. The fourth-order valence-electron chi connectivity index (χ4n) is 4.55. The average Bonchev–Trinajstić information content (AvgIpc) is 3.22. The van der Waals surface area contributed by atoms with Gasteiger partial charge in [-0.15, -0.1) is 0 Å². The monoisotopic (exact) mass is 470 g/mol. The highest BCUT2D eigenvalue weighted by Crippen LogP contribution is 2.34. The Hall–Kier alpha value is -3.84. The van der Waals surface area contributed by atoms with Gasteiger partial charge in [-0.25, -0.2) is 4.98 Å². The first-order valence-electron chi connectivity index (χ1n) is 12.0. The number of methoxy groups -OCH3 is 1. The third kappa shape index (κ3) is 5.30. The van der Waals surface area contributed by atoms with E-state index in [9.17, 15) is 4.79 Å². The summed E-state index contributed by atoms with van der Waals surface area (Å²) in [5.41, 5.74) is 3.30. The molecule has 2 aliphatic heterocycles. The molecule has 0 saturated carbocycles. The van der Waals surface area contributed by atoms with E-state index in [2.05, 4.69) is 26.2 Å². The number of para-hydroxylation sites is 1. The van der Waals surface area contributed by atoms with Crippen LogP contribution in [0.25, 0.3) is 11.6 Å². The number of ether oxygens (including phenoxy) is 2. The fourth-order valence-corrected chi connectivity index (χ4v) is 4.55. The number of nitrogens with zero attached hydrogens (tertiary/aromatic N) is 3. The zero-order valence-electron chi connectivity index (χ0n) is 19.9. The second-order valence-electron chi connectivity index (χ2n) is 8.69. The first-order chi connectivity index (χ1) is 17.2. The van der Waals surface area contributed by atoms with Crippen LogP contribution in [0.5, 0.6) is 11.5 Å². The Bertz CT molecular complexity index is 1200. The molecule has 2 aliphatic rings. The molecule has 3 aromatic rings. The molecule has 1 aromatic heterocycles. The number of benzene rings is 2. The molecule has 7 heteroatoms. The van der Waals surface area contributed by atoms with Gasteiger partial charge in [0.2, 0.25) is 0 Å². The van der Waals surface area contributed by atoms with Crippen molar-refractivity contribution in [2.45, 2.75) is 6.42 Å². The van der Waals surface area contributed by atoms with Crippen molar-refractivity contribution < 1.29 is 14.3 Å². The lowest BCUT2D eigenvalue weighted by Crippen LogP contribution is -2.47. The number of hydrogen-bond donors (Lipinski definition) is 1. The highest BCUT2D eigenvalue weighted by atomic mass is 16.5. The Balaban J connectivity index is 1.13. The quantitative estimate of drug-likeness (QED) is 0.394. The van der Waals surface area contributed by atoms with Crippen LogP contribution in [0.4, 0.5) is 11.5 Å². The van der Waals surface area contributed by atoms with Gasteiger partial charge in [0.15, 0.2) is 11.5 Å². The molecule has 180 valence electrons. The van der Waals surface area contributed by atoms with Crippen molar-refractivity contribution in [3.05, 3.63) is 78.0 Å². The van der Waals surface area contributed by atoms with E-state index < -0.39 is 0 Å². The number of aromatic nitrogens is 1. The van der Waals surface area contributed by atoms with Gasteiger partial charge in [0, 0.05) is 55.7 Å². The topological polar surface area (TPSA) is 66.9 Å². The first kappa shape index (κ1) is 22.9. The summed E-state index contributed by atoms with van der Waals surface area (Å²) in [6, 6.07) is 19.5. The van der Waals surface area contributed by atoms with Crippen molar-refractivity contribution in [3.8, 4) is 11.5 Å². The largest absolute Gasteiger partial charge is 0.493 e. The molecular weight excluding hydrogens is 440 g/mol. The van der Waals surface area contributed by atoms with Gasteiger partial charge >= 0.3 is 0 Å². The fraction of sp³-hybridized carbons (Fsp3) is 0.286. The molecule has 1 amide bonds. The minimum absolute atomic E-state index is 0.0913. The molecular formula is C28H30N4O3. The van der Waals surface area contributed by atoms with Crippen LogP contribution >= 0.6 is 0 Å². The predicted molar refractivity (Wildman–Crippen MR) is 139 cm³/mol. The lowest BCUT2D eigenvalue weighted by atomic mass is 10.0. The molecule has 0 atom stereocenters. The molecule has 1 N–H and O–H groups in total. The Morgan fingerprint density at radius 1 is 1.00 bits per heavy atom. The second-order valence-corrected chi connectivity index (χ2v) is 8.69. The number of hydrogen-bond acceptors (Lipinski definition) is 6. The molecule has 35 heavy (non-hydrogen) atoms. The number of carbonyl (C=O) groups is 1. The Morgan fingerprint density at radius 2 is 1.83 bits per heavy atom. The van der Waals surface area contributed by atoms with Gasteiger partial charge < -0.3 is 19.7 Å². The van der Waals surface area contributed by atoms with E-state index in [4.69, 9.17) is 9.47 Å². The highest BCUT2D eigenvalue weighted by Gasteiger charge is 2.23. The van der Waals surface area contributed by atoms with E-state index in [1.807, 2.05) is 66.9 Å². The summed E-state index contributed by atoms with van der Waals surface area (Å²) in [5.74, 6) is 2.34. The maximum absolute atomic E-state index is 12.4. The van der Waals surface area contributed by atoms with Crippen molar-refractivity contribution in [2.75, 3.05) is 56.7 Å². The van der Waals surface area contributed by atoms with Crippen LogP contribution in [-0.2, 0) is 4.79 Å². The van der Waals surface area contributed by atoms with E-state index in [0.717, 1.165) is 61.8 Å². The third-order valence-corrected chi connectivity index (χ3v) is 6.43. The summed E-state index contributed by atoms with van der Waals surface area (Å²) >= 11 is 0. The standard InChI is InChI=1S/C28H30N4O3/c1-34-26-20-21(19-23-22-7-2-3-8-24(22)30-28(23)33)10-11-25(26)35-18-6-13-31-14-16-32(17-15-31)27-9-4-5-12-29-27/h2-5,7-12,19-20H,6,13-18H2,1H3,(H,30,33)/b23-19-. The van der Waals surface area contributed by atoms with Gasteiger partial charge in [-0.1, -0.05) is 30.3 Å². The van der Waals surface area contributed by atoms with E-state index in [-0.39, 0.29) is 5.91 Å². The smallest absolute Gasteiger partial charge is 0.256 e. The molecule has 0 radical (unpaired) electrons. The van der Waals surface area contributed by atoms with E-state index >= 15 is 0 Å². The van der Waals surface area contributed by atoms with Gasteiger partial charge in [0.25, 0.3) is 5.91 Å². The lowest BCUT2D eigenvalue weighted by Gasteiger charge is -2.35. The number of nitrogens with one attached hydrogen (secondary N) is 1. The van der Waals surface area contributed by atoms with Crippen LogP contribution in [-0.4, -0.2) is 62.2 Å². The van der Waals surface area contributed by atoms with Gasteiger partial charge in [0.05, 0.1) is 13.7 Å². The molecule has 7 nitrogen and oxygen atoms in total. The summed E-state index contributed by atoms with van der Waals surface area (Å²) < 4.78 is 11.6. The Kier molecular flexibility index (Phi) is 6.95. The molecule has 3 heterocycles. The van der Waals surface area contributed by atoms with Crippen molar-refractivity contribution >= 4 is 29.1 Å². The minimum atomic E-state index is -0.0913.